The van der Waals surface area contributed by atoms with Gasteiger partial charge in [0.15, 0.2) is 0 Å². The van der Waals surface area contributed by atoms with E-state index in [0.29, 0.717) is 12.4 Å². The summed E-state index contributed by atoms with van der Waals surface area (Å²) in [7, 11) is 0. The lowest BCUT2D eigenvalue weighted by atomic mass is 10.2. The summed E-state index contributed by atoms with van der Waals surface area (Å²) < 4.78 is 13.2. The van der Waals surface area contributed by atoms with Crippen LogP contribution in [0.5, 0.6) is 0 Å². The molecule has 0 aliphatic rings. The predicted molar refractivity (Wildman–Crippen MR) is 53.3 cm³/mol. The van der Waals surface area contributed by atoms with Crippen LogP contribution in [-0.2, 0) is 0 Å². The van der Waals surface area contributed by atoms with Crippen molar-refractivity contribution in [2.45, 2.75) is 13.8 Å². The molecule has 3 heteroatoms. The standard InChI is InChI=1S/C10H15FN2/c1-3-12-7-13-10-5-4-8(2)6-9(10)11/h4-6,12-13H,3,7H2,1-2H3. The highest BCUT2D eigenvalue weighted by atomic mass is 19.1. The average molecular weight is 182 g/mol. The van der Waals surface area contributed by atoms with E-state index in [4.69, 9.17) is 0 Å². The first-order valence-corrected chi connectivity index (χ1v) is 4.44. The highest BCUT2D eigenvalue weighted by molar-refractivity contribution is 5.45. The molecular weight excluding hydrogens is 167 g/mol. The highest BCUT2D eigenvalue weighted by Gasteiger charge is 1.99. The van der Waals surface area contributed by atoms with Crippen LogP contribution < -0.4 is 10.6 Å². The Bertz CT molecular complexity index is 274. The lowest BCUT2D eigenvalue weighted by Crippen LogP contribution is -2.21. The van der Waals surface area contributed by atoms with E-state index >= 15 is 0 Å². The molecule has 72 valence electrons. The second-order valence-electron chi connectivity index (χ2n) is 2.94. The van der Waals surface area contributed by atoms with Gasteiger partial charge in [0, 0.05) is 0 Å². The van der Waals surface area contributed by atoms with Crippen LogP contribution in [0.25, 0.3) is 0 Å². The van der Waals surface area contributed by atoms with E-state index in [0.717, 1.165) is 12.1 Å². The highest BCUT2D eigenvalue weighted by Crippen LogP contribution is 2.14. The maximum Gasteiger partial charge on any atom is 0.146 e. The smallest absolute Gasteiger partial charge is 0.146 e. The number of benzene rings is 1. The fraction of sp³-hybridized carbons (Fsp3) is 0.400. The molecule has 0 saturated heterocycles. The Kier molecular flexibility index (Phi) is 3.71. The third-order valence-corrected chi connectivity index (χ3v) is 1.78. The summed E-state index contributed by atoms with van der Waals surface area (Å²) in [5.74, 6) is -0.196. The van der Waals surface area contributed by atoms with Gasteiger partial charge in [0.2, 0.25) is 0 Å². The van der Waals surface area contributed by atoms with Crippen LogP contribution >= 0.6 is 0 Å². The van der Waals surface area contributed by atoms with E-state index < -0.39 is 0 Å². The summed E-state index contributed by atoms with van der Waals surface area (Å²) in [5, 5.41) is 6.02. The molecule has 0 unspecified atom stereocenters. The van der Waals surface area contributed by atoms with Crippen LogP contribution in [0.3, 0.4) is 0 Å². The Balaban J connectivity index is 2.56. The topological polar surface area (TPSA) is 24.1 Å². The van der Waals surface area contributed by atoms with Gasteiger partial charge < -0.3 is 10.6 Å². The minimum atomic E-state index is -0.196. The molecule has 0 aliphatic carbocycles. The first-order chi connectivity index (χ1) is 6.24. The Morgan fingerprint density at radius 1 is 1.38 bits per heavy atom. The fourth-order valence-corrected chi connectivity index (χ4v) is 1.05. The van der Waals surface area contributed by atoms with Gasteiger partial charge in [-0.2, -0.15) is 0 Å². The summed E-state index contributed by atoms with van der Waals surface area (Å²) in [5.41, 5.74) is 1.48. The zero-order chi connectivity index (χ0) is 9.68. The van der Waals surface area contributed by atoms with E-state index in [1.807, 2.05) is 19.9 Å². The van der Waals surface area contributed by atoms with E-state index in [9.17, 15) is 4.39 Å². The van der Waals surface area contributed by atoms with Gasteiger partial charge in [-0.1, -0.05) is 13.0 Å². The van der Waals surface area contributed by atoms with Crippen molar-refractivity contribution in [3.8, 4) is 0 Å². The second kappa shape index (κ2) is 4.82. The Labute approximate surface area is 78.2 Å². The van der Waals surface area contributed by atoms with Gasteiger partial charge in [-0.05, 0) is 31.2 Å². The molecule has 0 aromatic heterocycles. The molecule has 13 heavy (non-hydrogen) atoms. The monoisotopic (exact) mass is 182 g/mol. The molecule has 0 spiro atoms. The van der Waals surface area contributed by atoms with Crippen molar-refractivity contribution >= 4 is 5.69 Å². The first kappa shape index (κ1) is 9.99. The normalized spacial score (nSPS) is 10.1. The predicted octanol–water partition coefficient (Wildman–Crippen LogP) is 2.11. The van der Waals surface area contributed by atoms with Crippen molar-refractivity contribution < 1.29 is 4.39 Å². The fourth-order valence-electron chi connectivity index (χ4n) is 1.05. The van der Waals surface area contributed by atoms with Gasteiger partial charge >= 0.3 is 0 Å². The SMILES string of the molecule is CCNCNc1ccc(C)cc1F. The number of hydrogen-bond donors (Lipinski definition) is 2. The van der Waals surface area contributed by atoms with E-state index in [2.05, 4.69) is 10.6 Å². The van der Waals surface area contributed by atoms with Crippen molar-refractivity contribution in [2.24, 2.45) is 0 Å². The molecule has 1 aromatic rings. The largest absolute Gasteiger partial charge is 0.370 e. The summed E-state index contributed by atoms with van der Waals surface area (Å²) in [4.78, 5) is 0. The van der Waals surface area contributed by atoms with Crippen LogP contribution in [0.2, 0.25) is 0 Å². The van der Waals surface area contributed by atoms with Crippen LogP contribution in [0.15, 0.2) is 18.2 Å². The molecule has 0 radical (unpaired) electrons. The number of nitrogens with one attached hydrogen (secondary N) is 2. The quantitative estimate of drug-likeness (QED) is 0.550. The van der Waals surface area contributed by atoms with Gasteiger partial charge in [0.1, 0.15) is 5.82 Å². The molecule has 1 aromatic carbocycles. The Morgan fingerprint density at radius 2 is 2.15 bits per heavy atom. The first-order valence-electron chi connectivity index (χ1n) is 4.44. The third-order valence-electron chi connectivity index (χ3n) is 1.78. The van der Waals surface area contributed by atoms with E-state index in [1.54, 1.807) is 6.07 Å². The van der Waals surface area contributed by atoms with Crippen LogP contribution in [0.4, 0.5) is 10.1 Å². The van der Waals surface area contributed by atoms with E-state index in [-0.39, 0.29) is 5.82 Å². The Morgan fingerprint density at radius 3 is 2.77 bits per heavy atom. The van der Waals surface area contributed by atoms with Crippen LogP contribution in [0.1, 0.15) is 12.5 Å². The van der Waals surface area contributed by atoms with Gasteiger partial charge in [-0.3, -0.25) is 0 Å². The zero-order valence-corrected chi connectivity index (χ0v) is 8.02. The molecule has 2 nitrogen and oxygen atoms in total. The van der Waals surface area contributed by atoms with Crippen molar-refractivity contribution in [2.75, 3.05) is 18.5 Å². The second-order valence-corrected chi connectivity index (χ2v) is 2.94. The van der Waals surface area contributed by atoms with Gasteiger partial charge in [-0.25, -0.2) is 4.39 Å². The molecule has 0 fully saturated rings. The van der Waals surface area contributed by atoms with Gasteiger partial charge in [-0.15, -0.1) is 0 Å². The zero-order valence-electron chi connectivity index (χ0n) is 8.02. The maximum atomic E-state index is 13.2. The minimum Gasteiger partial charge on any atom is -0.370 e. The summed E-state index contributed by atoms with van der Waals surface area (Å²) >= 11 is 0. The number of aryl methyl sites for hydroxylation is 1. The van der Waals surface area contributed by atoms with Crippen LogP contribution in [0, 0.1) is 12.7 Å². The summed E-state index contributed by atoms with van der Waals surface area (Å²) in [6.07, 6.45) is 0. The lowest BCUT2D eigenvalue weighted by molar-refractivity contribution is 0.627. The number of hydrogen-bond acceptors (Lipinski definition) is 2. The summed E-state index contributed by atoms with van der Waals surface area (Å²) in [6.45, 7) is 5.35. The van der Waals surface area contributed by atoms with Crippen molar-refractivity contribution in [3.63, 3.8) is 0 Å². The number of rotatable bonds is 4. The van der Waals surface area contributed by atoms with Gasteiger partial charge in [0.05, 0.1) is 12.4 Å². The van der Waals surface area contributed by atoms with Crippen molar-refractivity contribution in [3.05, 3.63) is 29.6 Å². The molecule has 0 heterocycles. The van der Waals surface area contributed by atoms with E-state index in [1.165, 1.54) is 6.07 Å². The average Bonchev–Trinajstić information content (AvgIpc) is 2.09. The number of halogens is 1. The van der Waals surface area contributed by atoms with Crippen molar-refractivity contribution in [1.82, 2.24) is 5.32 Å². The molecule has 1 rings (SSSR count). The van der Waals surface area contributed by atoms with Gasteiger partial charge in [0.25, 0.3) is 0 Å². The molecular formula is C10H15FN2. The Hall–Kier alpha value is -1.09. The van der Waals surface area contributed by atoms with Crippen LogP contribution in [-0.4, -0.2) is 13.2 Å². The summed E-state index contributed by atoms with van der Waals surface area (Å²) in [6, 6.07) is 5.16. The molecule has 0 amide bonds. The lowest BCUT2D eigenvalue weighted by Gasteiger charge is -2.07. The maximum absolute atomic E-state index is 13.2. The molecule has 0 saturated carbocycles. The molecule has 0 aliphatic heterocycles. The number of anilines is 1. The molecule has 2 N–H and O–H groups in total. The third kappa shape index (κ3) is 3.03. The molecule has 0 atom stereocenters. The molecule has 0 bridgehead atoms. The van der Waals surface area contributed by atoms with Crippen molar-refractivity contribution in [1.29, 1.82) is 0 Å². The minimum absolute atomic E-state index is 0.196.